The Balaban J connectivity index is 1.81. The van der Waals surface area contributed by atoms with Crippen molar-refractivity contribution in [2.24, 2.45) is 5.73 Å². The quantitative estimate of drug-likeness (QED) is 0.627. The molecule has 0 aliphatic carbocycles. The van der Waals surface area contributed by atoms with Crippen molar-refractivity contribution in [1.29, 1.82) is 5.41 Å². The van der Waals surface area contributed by atoms with Crippen LogP contribution in [0.25, 0.3) is 0 Å². The van der Waals surface area contributed by atoms with Gasteiger partial charge in [-0.3, -0.25) is 5.41 Å². The summed E-state index contributed by atoms with van der Waals surface area (Å²) in [5.41, 5.74) is 7.32. The van der Waals surface area contributed by atoms with Crippen molar-refractivity contribution >= 4 is 5.84 Å². The highest BCUT2D eigenvalue weighted by molar-refractivity contribution is 5.94. The van der Waals surface area contributed by atoms with E-state index >= 15 is 0 Å². The van der Waals surface area contributed by atoms with Crippen LogP contribution in [0.2, 0.25) is 0 Å². The van der Waals surface area contributed by atoms with Crippen molar-refractivity contribution in [3.63, 3.8) is 0 Å². The molecule has 0 bridgehead atoms. The van der Waals surface area contributed by atoms with E-state index in [4.69, 9.17) is 15.9 Å². The molecule has 0 aromatic heterocycles. The van der Waals surface area contributed by atoms with E-state index in [0.29, 0.717) is 12.7 Å². The fourth-order valence-electron chi connectivity index (χ4n) is 2.15. The molecule has 3 N–H and O–H groups in total. The molecule has 0 spiro atoms. The number of amidine groups is 1. The molecule has 1 fully saturated rings. The highest BCUT2D eigenvalue weighted by Gasteiger charge is 2.16. The van der Waals surface area contributed by atoms with Gasteiger partial charge in [0, 0.05) is 18.7 Å². The second kappa shape index (κ2) is 5.98. The van der Waals surface area contributed by atoms with Crippen molar-refractivity contribution in [2.75, 3.05) is 20.1 Å². The van der Waals surface area contributed by atoms with Gasteiger partial charge in [0.2, 0.25) is 0 Å². The first-order chi connectivity index (χ1) is 8.65. The maximum Gasteiger partial charge on any atom is 0.122 e. The molecular weight excluding hydrogens is 226 g/mol. The van der Waals surface area contributed by atoms with Crippen LogP contribution in [0, 0.1) is 5.41 Å². The maximum absolute atomic E-state index is 7.33. The van der Waals surface area contributed by atoms with E-state index < -0.39 is 0 Å². The lowest BCUT2D eigenvalue weighted by Gasteiger charge is -2.28. The summed E-state index contributed by atoms with van der Waals surface area (Å²) in [4.78, 5) is 2.33. The minimum Gasteiger partial charge on any atom is -0.384 e. The predicted molar refractivity (Wildman–Crippen MR) is 72.8 cm³/mol. The molecule has 1 aromatic rings. The zero-order valence-electron chi connectivity index (χ0n) is 10.9. The molecule has 98 valence electrons. The lowest BCUT2D eigenvalue weighted by molar-refractivity contribution is 0.00214. The number of nitrogens with one attached hydrogen (secondary N) is 1. The van der Waals surface area contributed by atoms with Crippen molar-refractivity contribution < 1.29 is 4.74 Å². The zero-order chi connectivity index (χ0) is 13.0. The van der Waals surface area contributed by atoms with E-state index in [0.717, 1.165) is 37.1 Å². The van der Waals surface area contributed by atoms with Gasteiger partial charge in [-0.05, 0) is 25.5 Å². The van der Waals surface area contributed by atoms with Gasteiger partial charge in [-0.15, -0.1) is 0 Å². The number of likely N-dealkylation sites (tertiary alicyclic amines) is 1. The van der Waals surface area contributed by atoms with Gasteiger partial charge in [0.05, 0.1) is 12.7 Å². The van der Waals surface area contributed by atoms with E-state index in [1.165, 1.54) is 0 Å². The fourth-order valence-corrected chi connectivity index (χ4v) is 2.15. The number of hydrogen-bond acceptors (Lipinski definition) is 3. The minimum absolute atomic E-state index is 0.109. The van der Waals surface area contributed by atoms with Crippen molar-refractivity contribution in [3.05, 3.63) is 35.4 Å². The monoisotopic (exact) mass is 247 g/mol. The van der Waals surface area contributed by atoms with E-state index in [9.17, 15) is 0 Å². The van der Waals surface area contributed by atoms with Gasteiger partial charge in [0.1, 0.15) is 5.84 Å². The van der Waals surface area contributed by atoms with E-state index in [2.05, 4.69) is 11.9 Å². The van der Waals surface area contributed by atoms with Gasteiger partial charge in [-0.25, -0.2) is 0 Å². The molecule has 18 heavy (non-hydrogen) atoms. The summed E-state index contributed by atoms with van der Waals surface area (Å²) < 4.78 is 5.91. The van der Waals surface area contributed by atoms with Crippen LogP contribution in [0.4, 0.5) is 0 Å². The van der Waals surface area contributed by atoms with Crippen molar-refractivity contribution in [3.8, 4) is 0 Å². The molecular formula is C14H21N3O. The van der Waals surface area contributed by atoms with Crippen LogP contribution >= 0.6 is 0 Å². The zero-order valence-corrected chi connectivity index (χ0v) is 10.9. The molecule has 1 aromatic carbocycles. The molecule has 0 amide bonds. The molecule has 0 atom stereocenters. The smallest absolute Gasteiger partial charge is 0.122 e. The van der Waals surface area contributed by atoms with Crippen molar-refractivity contribution in [1.82, 2.24) is 4.90 Å². The SMILES string of the molecule is CN1CCC(OCc2ccc(C(=N)N)cc2)CC1. The summed E-state index contributed by atoms with van der Waals surface area (Å²) >= 11 is 0. The molecule has 2 rings (SSSR count). The van der Waals surface area contributed by atoms with Gasteiger partial charge in [-0.1, -0.05) is 24.3 Å². The number of nitrogens with zero attached hydrogens (tertiary/aromatic N) is 1. The third-order valence-corrected chi connectivity index (χ3v) is 3.42. The van der Waals surface area contributed by atoms with Gasteiger partial charge in [-0.2, -0.15) is 0 Å². The number of hydrogen-bond donors (Lipinski definition) is 2. The standard InChI is InChI=1S/C14H21N3O/c1-17-8-6-13(7-9-17)18-10-11-2-4-12(5-3-11)14(15)16/h2-5,13H,6-10H2,1H3,(H3,15,16). The topological polar surface area (TPSA) is 62.3 Å². The van der Waals surface area contributed by atoms with E-state index in [-0.39, 0.29) is 5.84 Å². The lowest BCUT2D eigenvalue weighted by Crippen LogP contribution is -2.34. The van der Waals surface area contributed by atoms with Gasteiger partial charge >= 0.3 is 0 Å². The summed E-state index contributed by atoms with van der Waals surface area (Å²) in [6.45, 7) is 2.88. The van der Waals surface area contributed by atoms with Crippen LogP contribution in [-0.4, -0.2) is 37.0 Å². The minimum atomic E-state index is 0.109. The number of ether oxygens (including phenoxy) is 1. The Morgan fingerprint density at radius 3 is 2.50 bits per heavy atom. The average Bonchev–Trinajstić information content (AvgIpc) is 2.38. The Labute approximate surface area is 108 Å². The molecule has 0 saturated carbocycles. The molecule has 1 aliphatic rings. The van der Waals surface area contributed by atoms with Crippen LogP contribution in [0.3, 0.4) is 0 Å². The first-order valence-corrected chi connectivity index (χ1v) is 6.38. The molecule has 0 radical (unpaired) electrons. The highest BCUT2D eigenvalue weighted by Crippen LogP contribution is 2.14. The Bertz CT molecular complexity index is 394. The largest absolute Gasteiger partial charge is 0.384 e. The molecule has 4 nitrogen and oxygen atoms in total. The molecule has 1 heterocycles. The third kappa shape index (κ3) is 3.55. The van der Waals surface area contributed by atoms with Crippen LogP contribution < -0.4 is 5.73 Å². The first-order valence-electron chi connectivity index (χ1n) is 6.38. The number of nitrogen functional groups attached to an aromatic ring is 1. The average molecular weight is 247 g/mol. The summed E-state index contributed by atoms with van der Waals surface area (Å²) in [5.74, 6) is 0.109. The van der Waals surface area contributed by atoms with Gasteiger partial charge in [0.15, 0.2) is 0 Å². The number of rotatable bonds is 4. The Kier molecular flexibility index (Phi) is 4.33. The van der Waals surface area contributed by atoms with Gasteiger partial charge in [0.25, 0.3) is 0 Å². The fraction of sp³-hybridized carbons (Fsp3) is 0.500. The second-order valence-corrected chi connectivity index (χ2v) is 4.92. The number of benzene rings is 1. The third-order valence-electron chi connectivity index (χ3n) is 3.42. The molecule has 1 aliphatic heterocycles. The van der Waals surface area contributed by atoms with Crippen LogP contribution in [0.5, 0.6) is 0 Å². The Morgan fingerprint density at radius 2 is 1.94 bits per heavy atom. The number of piperidine rings is 1. The molecule has 0 unspecified atom stereocenters. The summed E-state index contributed by atoms with van der Waals surface area (Å²) in [5, 5.41) is 7.33. The molecule has 1 saturated heterocycles. The summed E-state index contributed by atoms with van der Waals surface area (Å²) in [6.07, 6.45) is 2.61. The van der Waals surface area contributed by atoms with Crippen molar-refractivity contribution in [2.45, 2.75) is 25.6 Å². The lowest BCUT2D eigenvalue weighted by atomic mass is 10.1. The van der Waals surface area contributed by atoms with Crippen LogP contribution in [0.15, 0.2) is 24.3 Å². The second-order valence-electron chi connectivity index (χ2n) is 4.92. The van der Waals surface area contributed by atoms with Crippen LogP contribution in [-0.2, 0) is 11.3 Å². The summed E-state index contributed by atoms with van der Waals surface area (Å²) in [7, 11) is 2.15. The number of nitrogens with two attached hydrogens (primary N) is 1. The summed E-state index contributed by atoms with van der Waals surface area (Å²) in [6, 6.07) is 7.70. The highest BCUT2D eigenvalue weighted by atomic mass is 16.5. The maximum atomic E-state index is 7.33. The molecule has 4 heteroatoms. The predicted octanol–water partition coefficient (Wildman–Crippen LogP) is 1.58. The van der Waals surface area contributed by atoms with E-state index in [1.807, 2.05) is 24.3 Å². The Hall–Kier alpha value is -1.39. The normalized spacial score (nSPS) is 17.8. The Morgan fingerprint density at radius 1 is 1.33 bits per heavy atom. The van der Waals surface area contributed by atoms with Gasteiger partial charge < -0.3 is 15.4 Å². The van der Waals surface area contributed by atoms with Crippen LogP contribution in [0.1, 0.15) is 24.0 Å². The van der Waals surface area contributed by atoms with E-state index in [1.54, 1.807) is 0 Å². The first kappa shape index (κ1) is 13.1.